The van der Waals surface area contributed by atoms with Gasteiger partial charge in [-0.2, -0.15) is 0 Å². The molecule has 0 aliphatic heterocycles. The minimum atomic E-state index is -0.148. The van der Waals surface area contributed by atoms with Gasteiger partial charge in [-0.05, 0) is 42.7 Å². The number of carbonyl (C=O) groups is 1. The second-order valence-corrected chi connectivity index (χ2v) is 4.55. The lowest BCUT2D eigenvalue weighted by Crippen LogP contribution is -2.12. The molecule has 0 radical (unpaired) electrons. The summed E-state index contributed by atoms with van der Waals surface area (Å²) in [5, 5.41) is 12.0. The van der Waals surface area contributed by atoms with Gasteiger partial charge in [0.05, 0.1) is 5.56 Å². The molecule has 0 spiro atoms. The van der Waals surface area contributed by atoms with Crippen molar-refractivity contribution in [3.63, 3.8) is 0 Å². The fourth-order valence-electron chi connectivity index (χ4n) is 1.58. The van der Waals surface area contributed by atoms with Crippen LogP contribution in [0.2, 0.25) is 0 Å². The Morgan fingerprint density at radius 3 is 2.44 bits per heavy atom. The van der Waals surface area contributed by atoms with Crippen molar-refractivity contribution < 1.29 is 9.90 Å². The van der Waals surface area contributed by atoms with E-state index in [1.54, 1.807) is 18.2 Å². The molecule has 3 nitrogen and oxygen atoms in total. The Balaban J connectivity index is 2.19. The van der Waals surface area contributed by atoms with Crippen molar-refractivity contribution in [1.82, 2.24) is 0 Å². The molecule has 2 aromatic carbocycles. The molecule has 0 saturated heterocycles. The molecule has 2 aromatic rings. The summed E-state index contributed by atoms with van der Waals surface area (Å²) in [6, 6.07) is 13.8. The molecule has 18 heavy (non-hydrogen) atoms. The number of carbonyl (C=O) groups excluding carboxylic acids is 1. The lowest BCUT2D eigenvalue weighted by atomic mass is 10.2. The third kappa shape index (κ3) is 2.84. The number of phenols is 1. The van der Waals surface area contributed by atoms with Gasteiger partial charge in [0.15, 0.2) is 0 Å². The van der Waals surface area contributed by atoms with Crippen LogP contribution in [0.3, 0.4) is 0 Å². The molecule has 0 bridgehead atoms. The lowest BCUT2D eigenvalue weighted by Gasteiger charge is -2.08. The Bertz CT molecular complexity index is 552. The first-order valence-electron chi connectivity index (χ1n) is 5.44. The molecule has 2 rings (SSSR count). The Morgan fingerprint density at radius 1 is 1.11 bits per heavy atom. The number of anilines is 1. The number of rotatable bonds is 3. The summed E-state index contributed by atoms with van der Waals surface area (Å²) in [5.41, 5.74) is 1.31. The van der Waals surface area contributed by atoms with Crippen molar-refractivity contribution in [1.29, 1.82) is 0 Å². The Labute approximate surface area is 110 Å². The van der Waals surface area contributed by atoms with Gasteiger partial charge in [-0.3, -0.25) is 4.79 Å². The van der Waals surface area contributed by atoms with Gasteiger partial charge in [0.25, 0.3) is 5.91 Å². The summed E-state index contributed by atoms with van der Waals surface area (Å²) in [5.74, 6) is 0.0307. The molecule has 0 saturated carbocycles. The van der Waals surface area contributed by atoms with Crippen molar-refractivity contribution in [3.8, 4) is 5.75 Å². The second-order valence-electron chi connectivity index (χ2n) is 3.70. The number of amides is 1. The molecular weight excluding hydrogens is 246 g/mol. The largest absolute Gasteiger partial charge is 0.508 e. The van der Waals surface area contributed by atoms with Crippen molar-refractivity contribution in [2.75, 3.05) is 11.6 Å². The van der Waals surface area contributed by atoms with Gasteiger partial charge in [0.1, 0.15) is 5.75 Å². The number of aromatic hydroxyl groups is 1. The van der Waals surface area contributed by atoms with Gasteiger partial charge >= 0.3 is 0 Å². The van der Waals surface area contributed by atoms with E-state index in [4.69, 9.17) is 0 Å². The monoisotopic (exact) mass is 259 g/mol. The van der Waals surface area contributed by atoms with Crippen LogP contribution in [0.5, 0.6) is 5.75 Å². The maximum absolute atomic E-state index is 12.1. The minimum Gasteiger partial charge on any atom is -0.508 e. The molecule has 1 amide bonds. The molecule has 0 aliphatic rings. The molecule has 0 unspecified atom stereocenters. The summed E-state index contributed by atoms with van der Waals surface area (Å²) in [4.78, 5) is 13.0. The third-order valence-corrected chi connectivity index (χ3v) is 3.27. The minimum absolute atomic E-state index is 0.148. The summed E-state index contributed by atoms with van der Waals surface area (Å²) >= 11 is 1.54. The molecule has 2 N–H and O–H groups in total. The zero-order chi connectivity index (χ0) is 13.0. The van der Waals surface area contributed by atoms with E-state index in [2.05, 4.69) is 5.32 Å². The first-order valence-corrected chi connectivity index (χ1v) is 6.66. The summed E-state index contributed by atoms with van der Waals surface area (Å²) in [6.45, 7) is 0. The van der Waals surface area contributed by atoms with Crippen LogP contribution in [0.4, 0.5) is 5.69 Å². The van der Waals surface area contributed by atoms with E-state index < -0.39 is 0 Å². The van der Waals surface area contributed by atoms with Crippen LogP contribution in [0.1, 0.15) is 10.4 Å². The number of nitrogens with one attached hydrogen (secondary N) is 1. The average molecular weight is 259 g/mol. The Hall–Kier alpha value is -1.94. The quantitative estimate of drug-likeness (QED) is 0.656. The van der Waals surface area contributed by atoms with Crippen molar-refractivity contribution in [2.24, 2.45) is 0 Å². The molecule has 0 atom stereocenters. The molecule has 92 valence electrons. The van der Waals surface area contributed by atoms with Crippen molar-refractivity contribution in [3.05, 3.63) is 54.1 Å². The topological polar surface area (TPSA) is 49.3 Å². The lowest BCUT2D eigenvalue weighted by molar-refractivity contribution is 0.102. The van der Waals surface area contributed by atoms with Crippen molar-refractivity contribution in [2.45, 2.75) is 4.90 Å². The maximum atomic E-state index is 12.1. The number of hydrogen-bond acceptors (Lipinski definition) is 3. The summed E-state index contributed by atoms with van der Waals surface area (Å²) in [6.07, 6.45) is 1.94. The van der Waals surface area contributed by atoms with E-state index >= 15 is 0 Å². The van der Waals surface area contributed by atoms with Crippen molar-refractivity contribution >= 4 is 23.4 Å². The molecule has 0 aliphatic carbocycles. The van der Waals surface area contributed by atoms with Crippen LogP contribution in [0, 0.1) is 0 Å². The molecule has 4 heteroatoms. The van der Waals surface area contributed by atoms with Gasteiger partial charge < -0.3 is 10.4 Å². The van der Waals surface area contributed by atoms with E-state index in [-0.39, 0.29) is 11.7 Å². The normalized spacial score (nSPS) is 10.1. The maximum Gasteiger partial charge on any atom is 0.256 e. The Morgan fingerprint density at radius 2 is 1.78 bits per heavy atom. The molecule has 0 aromatic heterocycles. The predicted octanol–water partition coefficient (Wildman–Crippen LogP) is 3.37. The van der Waals surface area contributed by atoms with Crippen LogP contribution in [0.15, 0.2) is 53.4 Å². The van der Waals surface area contributed by atoms with Crippen LogP contribution >= 0.6 is 11.8 Å². The molecular formula is C14H13NO2S. The van der Waals surface area contributed by atoms with Crippen LogP contribution in [-0.2, 0) is 0 Å². The smallest absolute Gasteiger partial charge is 0.256 e. The van der Waals surface area contributed by atoms with Gasteiger partial charge in [0.2, 0.25) is 0 Å². The first kappa shape index (κ1) is 12.5. The number of phenolic OH excluding ortho intramolecular Hbond substituents is 1. The van der Waals surface area contributed by atoms with E-state index in [0.29, 0.717) is 11.3 Å². The third-order valence-electron chi connectivity index (χ3n) is 2.48. The van der Waals surface area contributed by atoms with E-state index in [9.17, 15) is 9.90 Å². The van der Waals surface area contributed by atoms with Gasteiger partial charge in [-0.15, -0.1) is 11.8 Å². The van der Waals surface area contributed by atoms with Crippen LogP contribution in [0.25, 0.3) is 0 Å². The summed E-state index contributed by atoms with van der Waals surface area (Å²) < 4.78 is 0. The molecule has 0 heterocycles. The number of benzene rings is 2. The highest BCUT2D eigenvalue weighted by atomic mass is 32.2. The van der Waals surface area contributed by atoms with Crippen LogP contribution < -0.4 is 5.32 Å². The van der Waals surface area contributed by atoms with E-state index in [1.165, 1.54) is 23.9 Å². The fourth-order valence-corrected chi connectivity index (χ4v) is 2.17. The number of thioether (sulfide) groups is 1. The standard InChI is InChI=1S/C14H13NO2S/c1-18-13-5-3-2-4-12(13)14(17)15-10-6-8-11(16)9-7-10/h2-9,16H,1H3,(H,15,17). The summed E-state index contributed by atoms with van der Waals surface area (Å²) in [7, 11) is 0. The zero-order valence-electron chi connectivity index (χ0n) is 9.88. The molecule has 0 fully saturated rings. The van der Waals surface area contributed by atoms with Gasteiger partial charge in [-0.25, -0.2) is 0 Å². The highest BCUT2D eigenvalue weighted by Gasteiger charge is 2.10. The SMILES string of the molecule is CSc1ccccc1C(=O)Nc1ccc(O)cc1. The van der Waals surface area contributed by atoms with E-state index in [0.717, 1.165) is 4.90 Å². The second kappa shape index (κ2) is 5.60. The highest BCUT2D eigenvalue weighted by Crippen LogP contribution is 2.21. The fraction of sp³-hybridized carbons (Fsp3) is 0.0714. The number of hydrogen-bond donors (Lipinski definition) is 2. The van der Waals surface area contributed by atoms with Crippen LogP contribution in [-0.4, -0.2) is 17.3 Å². The highest BCUT2D eigenvalue weighted by molar-refractivity contribution is 7.98. The Kier molecular flexibility index (Phi) is 3.89. The predicted molar refractivity (Wildman–Crippen MR) is 74.3 cm³/mol. The zero-order valence-corrected chi connectivity index (χ0v) is 10.7. The first-order chi connectivity index (χ1) is 8.70. The van der Waals surface area contributed by atoms with Gasteiger partial charge in [0, 0.05) is 10.6 Å². The van der Waals surface area contributed by atoms with Gasteiger partial charge in [-0.1, -0.05) is 12.1 Å². The van der Waals surface area contributed by atoms with E-state index in [1.807, 2.05) is 24.5 Å². The average Bonchev–Trinajstić information content (AvgIpc) is 2.41.